The van der Waals surface area contributed by atoms with E-state index in [1.165, 1.54) is 13.5 Å². The van der Waals surface area contributed by atoms with E-state index in [1.807, 2.05) is 24.8 Å². The number of aromatic nitrogens is 4. The lowest BCUT2D eigenvalue weighted by atomic mass is 10.0. The molecule has 4 heterocycles. The first-order chi connectivity index (χ1) is 20.9. The fraction of sp³-hybridized carbons (Fsp3) is 0.394. The summed E-state index contributed by atoms with van der Waals surface area (Å²) in [5.74, 6) is 1.60. The second-order valence-corrected chi connectivity index (χ2v) is 12.1. The van der Waals surface area contributed by atoms with Gasteiger partial charge in [0.2, 0.25) is 5.91 Å². The number of alkyl carbamates (subject to hydrolysis) is 1. The van der Waals surface area contributed by atoms with Gasteiger partial charge >= 0.3 is 6.09 Å². The summed E-state index contributed by atoms with van der Waals surface area (Å²) in [6.07, 6.45) is 3.37. The molecule has 2 aliphatic heterocycles. The average Bonchev–Trinajstić information content (AvgIpc) is 3.83. The quantitative estimate of drug-likeness (QED) is 0.204. The Morgan fingerprint density at radius 3 is 2.53 bits per heavy atom. The van der Waals surface area contributed by atoms with Gasteiger partial charge in [-0.05, 0) is 78.9 Å². The topological polar surface area (TPSA) is 128 Å². The largest absolute Gasteiger partial charge is 0.453 e. The standard InChI is InChI=1S/C33H37N7O3/c1-18(2)28(39-33(42)43-3)32(41)40-15-5-7-27(40)31-35-23-12-9-20(17-26(23)37-31)19-8-11-22-21(16-19)10-13-24-29(22)38-30(36-24)25-6-4-14-34-25/h8-13,16-18,25,27-28,34H,4-7,14-15H2,1-3H3,(H,35,37)(H,36,38)(H,39,42)/t25-,27-,28-/m0/s1. The molecule has 10 nitrogen and oxygen atoms in total. The van der Waals surface area contributed by atoms with Crippen LogP contribution in [0.15, 0.2) is 48.5 Å². The molecule has 0 radical (unpaired) electrons. The van der Waals surface area contributed by atoms with Gasteiger partial charge in [-0.25, -0.2) is 14.8 Å². The molecule has 2 saturated heterocycles. The molecule has 3 aromatic carbocycles. The minimum absolute atomic E-state index is 0.0799. The van der Waals surface area contributed by atoms with Crippen molar-refractivity contribution in [2.45, 2.75) is 57.7 Å². The van der Waals surface area contributed by atoms with Crippen LogP contribution >= 0.6 is 0 Å². The third-order valence-electron chi connectivity index (χ3n) is 8.96. The second kappa shape index (κ2) is 11.0. The SMILES string of the molecule is COC(=O)N[C@H](C(=O)N1CCC[C@H]1c1nc2ccc(-c3ccc4c(ccc5nc([C@@H]6CCCN6)[nH]c54)c3)cc2[nH]1)C(C)C. The van der Waals surface area contributed by atoms with Crippen molar-refractivity contribution in [3.05, 3.63) is 60.2 Å². The predicted molar refractivity (Wildman–Crippen MR) is 167 cm³/mol. The highest BCUT2D eigenvalue weighted by molar-refractivity contribution is 6.05. The van der Waals surface area contributed by atoms with Gasteiger partial charge in [0, 0.05) is 11.9 Å². The van der Waals surface area contributed by atoms with E-state index in [9.17, 15) is 9.59 Å². The first-order valence-electron chi connectivity index (χ1n) is 15.2. The second-order valence-electron chi connectivity index (χ2n) is 12.1. The minimum Gasteiger partial charge on any atom is -0.453 e. The van der Waals surface area contributed by atoms with Crippen LogP contribution in [0.5, 0.6) is 0 Å². The number of methoxy groups -OCH3 is 1. The number of nitrogens with zero attached hydrogens (tertiary/aromatic N) is 3. The maximum Gasteiger partial charge on any atom is 0.407 e. The molecule has 3 atom stereocenters. The molecule has 0 aliphatic carbocycles. The van der Waals surface area contributed by atoms with Gasteiger partial charge in [-0.3, -0.25) is 4.79 Å². The number of ether oxygens (including phenoxy) is 1. The highest BCUT2D eigenvalue weighted by atomic mass is 16.5. The van der Waals surface area contributed by atoms with Crippen LogP contribution in [0.1, 0.15) is 63.3 Å². The highest BCUT2D eigenvalue weighted by Crippen LogP contribution is 2.35. The number of amides is 2. The number of hydrogen-bond donors (Lipinski definition) is 4. The zero-order valence-corrected chi connectivity index (χ0v) is 24.7. The van der Waals surface area contributed by atoms with Crippen LogP contribution in [0.2, 0.25) is 0 Å². The van der Waals surface area contributed by atoms with Crippen molar-refractivity contribution in [1.29, 1.82) is 0 Å². The molecule has 7 rings (SSSR count). The molecular weight excluding hydrogens is 542 g/mol. The molecule has 4 N–H and O–H groups in total. The van der Waals surface area contributed by atoms with E-state index in [-0.39, 0.29) is 17.9 Å². The number of rotatable bonds is 6. The summed E-state index contributed by atoms with van der Waals surface area (Å²) in [5.41, 5.74) is 6.08. The van der Waals surface area contributed by atoms with E-state index < -0.39 is 12.1 Å². The fourth-order valence-corrected chi connectivity index (χ4v) is 6.65. The van der Waals surface area contributed by atoms with Crippen molar-refractivity contribution < 1.29 is 14.3 Å². The predicted octanol–water partition coefficient (Wildman–Crippen LogP) is 5.73. The number of hydrogen-bond acceptors (Lipinski definition) is 6. The Morgan fingerprint density at radius 2 is 1.74 bits per heavy atom. The number of carbonyl (C=O) groups is 2. The molecule has 2 aliphatic rings. The molecule has 2 amide bonds. The van der Waals surface area contributed by atoms with Crippen molar-refractivity contribution in [1.82, 2.24) is 35.5 Å². The van der Waals surface area contributed by atoms with Crippen molar-refractivity contribution in [3.63, 3.8) is 0 Å². The molecular formula is C33H37N7O3. The molecule has 2 fully saturated rings. The summed E-state index contributed by atoms with van der Waals surface area (Å²) in [4.78, 5) is 44.1. The number of likely N-dealkylation sites (tertiary alicyclic amines) is 1. The Morgan fingerprint density at radius 1 is 0.953 bits per heavy atom. The van der Waals surface area contributed by atoms with Crippen LogP contribution in [-0.4, -0.2) is 63.1 Å². The van der Waals surface area contributed by atoms with Gasteiger partial charge in [0.15, 0.2) is 0 Å². The number of imidazole rings is 2. The molecule has 2 aromatic heterocycles. The molecule has 0 unspecified atom stereocenters. The smallest absolute Gasteiger partial charge is 0.407 e. The van der Waals surface area contributed by atoms with Crippen molar-refractivity contribution >= 4 is 44.8 Å². The summed E-state index contributed by atoms with van der Waals surface area (Å²) in [7, 11) is 1.30. The first kappa shape index (κ1) is 27.4. The van der Waals surface area contributed by atoms with Crippen molar-refractivity contribution in [3.8, 4) is 11.1 Å². The average molecular weight is 580 g/mol. The van der Waals surface area contributed by atoms with Gasteiger partial charge in [0.05, 0.1) is 41.3 Å². The van der Waals surface area contributed by atoms with Gasteiger partial charge in [-0.2, -0.15) is 0 Å². The van der Waals surface area contributed by atoms with Crippen LogP contribution < -0.4 is 10.6 Å². The normalized spacial score (nSPS) is 19.6. The third kappa shape index (κ3) is 4.99. The number of H-pyrrole nitrogens is 2. The number of aromatic amines is 2. The van der Waals surface area contributed by atoms with Crippen molar-refractivity contribution in [2.75, 3.05) is 20.2 Å². The number of carbonyl (C=O) groups excluding carboxylic acids is 2. The Labute approximate surface area is 249 Å². The lowest BCUT2D eigenvalue weighted by Gasteiger charge is -2.29. The molecule has 222 valence electrons. The highest BCUT2D eigenvalue weighted by Gasteiger charge is 2.37. The molecule has 0 spiro atoms. The Balaban J connectivity index is 1.16. The number of nitrogens with one attached hydrogen (secondary N) is 4. The van der Waals surface area contributed by atoms with E-state index in [0.717, 1.165) is 81.4 Å². The lowest BCUT2D eigenvalue weighted by molar-refractivity contribution is -0.135. The van der Waals surface area contributed by atoms with Crippen LogP contribution in [0.3, 0.4) is 0 Å². The Kier molecular flexibility index (Phi) is 7.01. The minimum atomic E-state index is -0.661. The monoisotopic (exact) mass is 579 g/mol. The summed E-state index contributed by atoms with van der Waals surface area (Å²) >= 11 is 0. The molecule has 0 saturated carbocycles. The van der Waals surface area contributed by atoms with Gasteiger partial charge in [0.25, 0.3) is 0 Å². The van der Waals surface area contributed by atoms with Crippen molar-refractivity contribution in [2.24, 2.45) is 5.92 Å². The van der Waals surface area contributed by atoms with E-state index in [2.05, 4.69) is 63.1 Å². The molecule has 0 bridgehead atoms. The number of fused-ring (bicyclic) bond motifs is 4. The first-order valence-corrected chi connectivity index (χ1v) is 15.2. The molecule has 10 heteroatoms. The molecule has 5 aromatic rings. The van der Waals surface area contributed by atoms with Gasteiger partial charge in [0.1, 0.15) is 17.7 Å². The van der Waals surface area contributed by atoms with E-state index in [0.29, 0.717) is 12.6 Å². The van der Waals surface area contributed by atoms with Crippen LogP contribution in [0.25, 0.3) is 44.0 Å². The summed E-state index contributed by atoms with van der Waals surface area (Å²) < 4.78 is 4.76. The molecule has 43 heavy (non-hydrogen) atoms. The van der Waals surface area contributed by atoms with E-state index >= 15 is 0 Å². The number of benzene rings is 3. The fourth-order valence-electron chi connectivity index (χ4n) is 6.65. The van der Waals surface area contributed by atoms with Gasteiger partial charge < -0.3 is 30.2 Å². The zero-order chi connectivity index (χ0) is 29.7. The van der Waals surface area contributed by atoms with Gasteiger partial charge in [-0.15, -0.1) is 0 Å². The lowest BCUT2D eigenvalue weighted by Crippen LogP contribution is -2.51. The van der Waals surface area contributed by atoms with E-state index in [4.69, 9.17) is 14.7 Å². The van der Waals surface area contributed by atoms with Crippen LogP contribution in [0.4, 0.5) is 4.79 Å². The Hall–Kier alpha value is -4.44. The third-order valence-corrected chi connectivity index (χ3v) is 8.96. The van der Waals surface area contributed by atoms with E-state index in [1.54, 1.807) is 0 Å². The summed E-state index contributed by atoms with van der Waals surface area (Å²) in [5, 5.41) is 8.56. The zero-order valence-electron chi connectivity index (χ0n) is 24.7. The van der Waals surface area contributed by atoms with Gasteiger partial charge in [-0.1, -0.05) is 38.1 Å². The van der Waals surface area contributed by atoms with Crippen LogP contribution in [0, 0.1) is 5.92 Å². The maximum atomic E-state index is 13.5. The Bertz CT molecular complexity index is 1830. The summed E-state index contributed by atoms with van der Waals surface area (Å²) in [6, 6.07) is 16.5. The maximum absolute atomic E-state index is 13.5. The summed E-state index contributed by atoms with van der Waals surface area (Å²) in [6.45, 7) is 5.50. The van der Waals surface area contributed by atoms with Crippen LogP contribution in [-0.2, 0) is 9.53 Å².